The Kier molecular flexibility index (Phi) is 12.3. The van der Waals surface area contributed by atoms with Crippen LogP contribution in [0.25, 0.3) is 21.8 Å². The summed E-state index contributed by atoms with van der Waals surface area (Å²) in [5, 5.41) is 27.2. The normalized spacial score (nSPS) is 10.9. The number of carbonyl (C=O) groups is 4. The van der Waals surface area contributed by atoms with Gasteiger partial charge < -0.3 is 30.0 Å². The van der Waals surface area contributed by atoms with Gasteiger partial charge in [0.2, 0.25) is 11.8 Å². The van der Waals surface area contributed by atoms with Crippen molar-refractivity contribution in [1.82, 2.24) is 9.13 Å². The number of benzene rings is 4. The van der Waals surface area contributed by atoms with Crippen molar-refractivity contribution < 1.29 is 29.4 Å². The van der Waals surface area contributed by atoms with Crippen molar-refractivity contribution in [3.8, 4) is 0 Å². The summed E-state index contributed by atoms with van der Waals surface area (Å²) in [6.45, 7) is 6.38. The van der Waals surface area contributed by atoms with Gasteiger partial charge in [-0.05, 0) is 86.6 Å². The molecule has 2 aromatic heterocycles. The predicted molar refractivity (Wildman–Crippen MR) is 208 cm³/mol. The fraction of sp³-hybridized carbons (Fsp3) is 0.158. The highest BCUT2D eigenvalue weighted by molar-refractivity contribution is 8.00. The van der Waals surface area contributed by atoms with Gasteiger partial charge in [0.1, 0.15) is 13.1 Å². The molecule has 4 N–H and O–H groups in total. The maximum absolute atomic E-state index is 11.6. The number of halogens is 2. The van der Waals surface area contributed by atoms with Gasteiger partial charge in [-0.15, -0.1) is 0 Å². The van der Waals surface area contributed by atoms with E-state index in [1.54, 1.807) is 9.13 Å². The number of anilines is 2. The average molecular weight is 778 g/mol. The van der Waals surface area contributed by atoms with Crippen LogP contribution in [0.1, 0.15) is 25.2 Å². The van der Waals surface area contributed by atoms with Crippen molar-refractivity contribution in [3.63, 3.8) is 0 Å². The Morgan fingerprint density at radius 3 is 1.25 bits per heavy atom. The molecule has 2 heterocycles. The number of carboxylic acids is 2. The van der Waals surface area contributed by atoms with Crippen LogP contribution in [0, 0.1) is 13.8 Å². The topological polar surface area (TPSA) is 143 Å². The second-order valence-electron chi connectivity index (χ2n) is 11.7. The summed E-state index contributed by atoms with van der Waals surface area (Å²) in [7, 11) is 0. The quantitative estimate of drug-likeness (QED) is 0.108. The number of hydrogen-bond acceptors (Lipinski definition) is 6. The van der Waals surface area contributed by atoms with Gasteiger partial charge in [0.25, 0.3) is 0 Å². The number of aromatic nitrogens is 2. The Bertz CT molecular complexity index is 2160. The minimum Gasteiger partial charge on any atom is -0.480 e. The molecule has 4 aromatic carbocycles. The molecule has 0 fully saturated rings. The van der Waals surface area contributed by atoms with Crippen molar-refractivity contribution in [1.29, 1.82) is 0 Å². The van der Waals surface area contributed by atoms with Crippen molar-refractivity contribution in [2.45, 2.75) is 60.4 Å². The zero-order chi connectivity index (χ0) is 37.7. The second kappa shape index (κ2) is 16.6. The first-order valence-corrected chi connectivity index (χ1v) is 18.2. The predicted octanol–water partition coefficient (Wildman–Crippen LogP) is 9.59. The van der Waals surface area contributed by atoms with Crippen molar-refractivity contribution >= 4 is 104 Å². The van der Waals surface area contributed by atoms with Gasteiger partial charge in [0, 0.05) is 65.6 Å². The van der Waals surface area contributed by atoms with E-state index in [0.717, 1.165) is 52.8 Å². The highest BCUT2D eigenvalue weighted by atomic mass is 35.5. The molecular formula is C38H34Cl2N4O6S2. The van der Waals surface area contributed by atoms with Gasteiger partial charge in [0.05, 0.1) is 22.4 Å². The van der Waals surface area contributed by atoms with Crippen LogP contribution < -0.4 is 10.6 Å². The first kappa shape index (κ1) is 38.4. The average Bonchev–Trinajstić information content (AvgIpc) is 3.49. The lowest BCUT2D eigenvalue weighted by molar-refractivity contribution is -0.138. The van der Waals surface area contributed by atoms with Crippen LogP contribution in [-0.4, -0.2) is 43.1 Å². The molecule has 0 atom stereocenters. The van der Waals surface area contributed by atoms with E-state index >= 15 is 0 Å². The Morgan fingerprint density at radius 1 is 0.596 bits per heavy atom. The van der Waals surface area contributed by atoms with E-state index in [1.807, 2.05) is 98.8 Å². The van der Waals surface area contributed by atoms with E-state index in [1.165, 1.54) is 37.4 Å². The monoisotopic (exact) mass is 776 g/mol. The molecule has 0 saturated carbocycles. The molecular weight excluding hydrogens is 743 g/mol. The molecule has 0 unspecified atom stereocenters. The van der Waals surface area contributed by atoms with Crippen LogP contribution in [0.3, 0.4) is 0 Å². The largest absolute Gasteiger partial charge is 0.480 e. The number of carboxylic acid groups (broad SMARTS) is 2. The number of nitrogens with zero attached hydrogens (tertiary/aromatic N) is 2. The lowest BCUT2D eigenvalue weighted by atomic mass is 10.2. The lowest BCUT2D eigenvalue weighted by Crippen LogP contribution is -2.10. The third-order valence-electron chi connectivity index (χ3n) is 7.86. The third kappa shape index (κ3) is 8.94. The van der Waals surface area contributed by atoms with E-state index < -0.39 is 11.9 Å². The molecule has 2 amide bonds. The van der Waals surface area contributed by atoms with Gasteiger partial charge in [-0.25, -0.2) is 0 Å². The Hall–Kier alpha value is -4.88. The summed E-state index contributed by atoms with van der Waals surface area (Å²) in [5.74, 6) is -2.19. The minimum atomic E-state index is -0.919. The van der Waals surface area contributed by atoms with Crippen molar-refractivity contribution in [2.75, 3.05) is 10.6 Å². The maximum Gasteiger partial charge on any atom is 0.323 e. The summed E-state index contributed by atoms with van der Waals surface area (Å²) >= 11 is 15.0. The Morgan fingerprint density at radius 2 is 0.942 bits per heavy atom. The van der Waals surface area contributed by atoms with Gasteiger partial charge in [-0.1, -0.05) is 58.9 Å². The maximum atomic E-state index is 11.6. The van der Waals surface area contributed by atoms with Crippen LogP contribution in [0.5, 0.6) is 0 Å². The lowest BCUT2D eigenvalue weighted by Gasteiger charge is -2.07. The molecule has 6 rings (SSSR count). The van der Waals surface area contributed by atoms with E-state index in [9.17, 15) is 29.4 Å². The SMILES string of the molecule is CC(=O)Nc1cccc2c1c(Sc1ccc(Cl)cc1)c(C)n2CC(=O)O.CC(=O)Nc1cccc2c1c(Sc1ccc(Cl)cc1)c(C)n2CC(=O)O. The van der Waals surface area contributed by atoms with E-state index in [4.69, 9.17) is 23.2 Å². The number of rotatable bonds is 10. The van der Waals surface area contributed by atoms with E-state index in [-0.39, 0.29) is 24.9 Å². The first-order valence-electron chi connectivity index (χ1n) is 15.8. The number of fused-ring (bicyclic) bond motifs is 2. The zero-order valence-electron chi connectivity index (χ0n) is 28.5. The summed E-state index contributed by atoms with van der Waals surface area (Å²) in [6, 6.07) is 25.9. The molecule has 0 bridgehead atoms. The summed E-state index contributed by atoms with van der Waals surface area (Å²) in [4.78, 5) is 49.6. The summed E-state index contributed by atoms with van der Waals surface area (Å²) in [6.07, 6.45) is 0. The molecule has 14 heteroatoms. The molecule has 0 radical (unpaired) electrons. The van der Waals surface area contributed by atoms with Gasteiger partial charge in [0.15, 0.2) is 0 Å². The molecule has 52 heavy (non-hydrogen) atoms. The third-order valence-corrected chi connectivity index (χ3v) is 10.8. The van der Waals surface area contributed by atoms with E-state index in [2.05, 4.69) is 10.6 Å². The Labute approximate surface area is 318 Å². The summed E-state index contributed by atoms with van der Waals surface area (Å²) in [5.41, 5.74) is 4.54. The van der Waals surface area contributed by atoms with Crippen molar-refractivity contribution in [3.05, 3.63) is 106 Å². The highest BCUT2D eigenvalue weighted by Crippen LogP contribution is 2.43. The van der Waals surface area contributed by atoms with Gasteiger partial charge >= 0.3 is 11.9 Å². The number of amides is 2. The van der Waals surface area contributed by atoms with Gasteiger partial charge in [-0.2, -0.15) is 0 Å². The number of aliphatic carboxylic acids is 2. The standard InChI is InChI=1S/2C19H17ClN2O3S/c2*1-11-19(26-14-8-6-13(20)7-9-14)18-15(21-12(2)23)4-3-5-16(18)22(11)10-17(24)25/h2*3-9H,10H2,1-2H3,(H,21,23)(H,24,25). The molecule has 268 valence electrons. The van der Waals surface area contributed by atoms with Crippen LogP contribution >= 0.6 is 46.7 Å². The van der Waals surface area contributed by atoms with Crippen LogP contribution in [0.2, 0.25) is 10.0 Å². The van der Waals surface area contributed by atoms with E-state index in [0.29, 0.717) is 21.4 Å². The van der Waals surface area contributed by atoms with Crippen LogP contribution in [0.15, 0.2) is 105 Å². The smallest absolute Gasteiger partial charge is 0.323 e. The minimum absolute atomic E-state index is 0.146. The second-order valence-corrected chi connectivity index (χ2v) is 14.7. The first-order chi connectivity index (χ1) is 24.7. The number of nitrogens with one attached hydrogen (secondary N) is 2. The molecule has 10 nitrogen and oxygen atoms in total. The van der Waals surface area contributed by atoms with Crippen LogP contribution in [-0.2, 0) is 32.3 Å². The Balaban J connectivity index is 0.000000201. The van der Waals surface area contributed by atoms with Gasteiger partial charge in [-0.3, -0.25) is 19.2 Å². The molecule has 0 saturated heterocycles. The fourth-order valence-corrected chi connectivity index (χ4v) is 8.15. The van der Waals surface area contributed by atoms with Crippen molar-refractivity contribution in [2.24, 2.45) is 0 Å². The molecule has 6 aromatic rings. The molecule has 0 aliphatic rings. The molecule has 0 spiro atoms. The fourth-order valence-electron chi connectivity index (χ4n) is 5.73. The highest BCUT2D eigenvalue weighted by Gasteiger charge is 2.21. The summed E-state index contributed by atoms with van der Waals surface area (Å²) < 4.78 is 3.50. The molecule has 0 aliphatic carbocycles. The molecule has 0 aliphatic heterocycles. The van der Waals surface area contributed by atoms with Crippen LogP contribution in [0.4, 0.5) is 11.4 Å². The number of hydrogen-bond donors (Lipinski definition) is 4. The number of carbonyl (C=O) groups excluding carboxylic acids is 2. The zero-order valence-corrected chi connectivity index (χ0v) is 31.6.